The molecular formula is C9H15NO4S. The van der Waals surface area contributed by atoms with Crippen LogP contribution in [0.15, 0.2) is 0 Å². The maximum Gasteiger partial charge on any atom is 0.322 e. The van der Waals surface area contributed by atoms with Crippen molar-refractivity contribution in [3.05, 3.63) is 0 Å². The van der Waals surface area contributed by atoms with Gasteiger partial charge in [0.1, 0.15) is 12.0 Å². The Hall–Kier alpha value is -1.04. The van der Waals surface area contributed by atoms with Gasteiger partial charge < -0.3 is 10.4 Å². The lowest BCUT2D eigenvalue weighted by molar-refractivity contribution is -0.141. The van der Waals surface area contributed by atoms with Crippen LogP contribution in [-0.2, 0) is 14.4 Å². The molecule has 0 saturated carbocycles. The van der Waals surface area contributed by atoms with E-state index in [0.29, 0.717) is 5.75 Å². The van der Waals surface area contributed by atoms with Crippen LogP contribution in [0.25, 0.3) is 0 Å². The van der Waals surface area contributed by atoms with Gasteiger partial charge in [-0.15, -0.1) is 0 Å². The van der Waals surface area contributed by atoms with E-state index < -0.39 is 23.8 Å². The standard InChI is InChI=1S/C9H15NO4S/c1-4-15-8(14)9(2,3)7(13)10-5-6(11)12/h4-5H2,1-3H3,(H,10,13)(H,11,12). The molecule has 0 aromatic carbocycles. The molecule has 15 heavy (non-hydrogen) atoms. The third-order valence-corrected chi connectivity index (χ3v) is 2.81. The molecule has 0 aliphatic heterocycles. The van der Waals surface area contributed by atoms with Crippen molar-refractivity contribution >= 4 is 28.8 Å². The van der Waals surface area contributed by atoms with E-state index in [4.69, 9.17) is 5.11 Å². The van der Waals surface area contributed by atoms with E-state index in [1.54, 1.807) is 0 Å². The number of carboxylic acid groups (broad SMARTS) is 1. The number of carboxylic acids is 1. The lowest BCUT2D eigenvalue weighted by atomic mass is 9.94. The number of aliphatic carboxylic acids is 1. The van der Waals surface area contributed by atoms with Crippen molar-refractivity contribution in [1.29, 1.82) is 0 Å². The number of amides is 1. The Bertz CT molecular complexity index is 275. The molecule has 0 rings (SSSR count). The van der Waals surface area contributed by atoms with Gasteiger partial charge in [-0.1, -0.05) is 18.7 Å². The van der Waals surface area contributed by atoms with Gasteiger partial charge in [-0.05, 0) is 19.6 Å². The fourth-order valence-electron chi connectivity index (χ4n) is 0.781. The summed E-state index contributed by atoms with van der Waals surface area (Å²) in [5.74, 6) is -1.10. The first-order chi connectivity index (χ1) is 6.82. The summed E-state index contributed by atoms with van der Waals surface area (Å²) in [5, 5.41) is 10.3. The topological polar surface area (TPSA) is 83.5 Å². The molecule has 86 valence electrons. The summed E-state index contributed by atoms with van der Waals surface area (Å²) in [6.07, 6.45) is 0. The average molecular weight is 233 g/mol. The molecule has 0 radical (unpaired) electrons. The molecule has 0 aromatic heterocycles. The van der Waals surface area contributed by atoms with Gasteiger partial charge in [0.25, 0.3) is 0 Å². The van der Waals surface area contributed by atoms with Crippen molar-refractivity contribution in [2.45, 2.75) is 20.8 Å². The highest BCUT2D eigenvalue weighted by atomic mass is 32.2. The molecule has 0 bridgehead atoms. The number of hydrogen-bond donors (Lipinski definition) is 2. The van der Waals surface area contributed by atoms with Gasteiger partial charge in [-0.3, -0.25) is 14.4 Å². The third kappa shape index (κ3) is 4.33. The Kier molecular flexibility index (Phi) is 5.35. The lowest BCUT2D eigenvalue weighted by Gasteiger charge is -2.20. The lowest BCUT2D eigenvalue weighted by Crippen LogP contribution is -2.43. The first-order valence-corrected chi connectivity index (χ1v) is 5.48. The molecule has 0 saturated heterocycles. The number of thioether (sulfide) groups is 1. The van der Waals surface area contributed by atoms with Crippen molar-refractivity contribution in [2.24, 2.45) is 5.41 Å². The monoisotopic (exact) mass is 233 g/mol. The van der Waals surface area contributed by atoms with Crippen molar-refractivity contribution < 1.29 is 19.5 Å². The zero-order valence-electron chi connectivity index (χ0n) is 8.99. The summed E-state index contributed by atoms with van der Waals surface area (Å²) in [5.41, 5.74) is -1.18. The number of rotatable bonds is 5. The van der Waals surface area contributed by atoms with Crippen molar-refractivity contribution in [3.63, 3.8) is 0 Å². The van der Waals surface area contributed by atoms with Crippen LogP contribution in [0, 0.1) is 5.41 Å². The molecule has 0 unspecified atom stereocenters. The van der Waals surface area contributed by atoms with Gasteiger partial charge >= 0.3 is 5.97 Å². The molecule has 2 N–H and O–H groups in total. The normalized spacial score (nSPS) is 10.9. The number of carbonyl (C=O) groups is 3. The summed E-state index contributed by atoms with van der Waals surface area (Å²) in [6.45, 7) is 4.31. The molecule has 0 aromatic rings. The minimum atomic E-state index is -1.18. The molecule has 0 spiro atoms. The summed E-state index contributed by atoms with van der Waals surface area (Å²) < 4.78 is 0. The van der Waals surface area contributed by atoms with Crippen LogP contribution in [0.3, 0.4) is 0 Å². The number of carbonyl (C=O) groups excluding carboxylic acids is 2. The van der Waals surface area contributed by atoms with Crippen LogP contribution < -0.4 is 5.32 Å². The van der Waals surface area contributed by atoms with Crippen LogP contribution >= 0.6 is 11.8 Å². The van der Waals surface area contributed by atoms with Gasteiger partial charge in [0, 0.05) is 0 Å². The average Bonchev–Trinajstić information content (AvgIpc) is 2.14. The van der Waals surface area contributed by atoms with Crippen molar-refractivity contribution in [1.82, 2.24) is 5.32 Å². The quantitative estimate of drug-likeness (QED) is 0.675. The maximum atomic E-state index is 11.5. The van der Waals surface area contributed by atoms with Crippen LogP contribution in [-0.4, -0.2) is 34.4 Å². The summed E-state index contributed by atoms with van der Waals surface area (Å²) in [7, 11) is 0. The van der Waals surface area contributed by atoms with Crippen molar-refractivity contribution in [3.8, 4) is 0 Å². The third-order valence-electron chi connectivity index (χ3n) is 1.75. The largest absolute Gasteiger partial charge is 0.480 e. The van der Waals surface area contributed by atoms with E-state index in [2.05, 4.69) is 5.32 Å². The summed E-state index contributed by atoms with van der Waals surface area (Å²) in [6, 6.07) is 0. The molecule has 6 heteroatoms. The second kappa shape index (κ2) is 5.75. The molecule has 0 aliphatic rings. The predicted molar refractivity (Wildman–Crippen MR) is 57.6 cm³/mol. The molecule has 5 nitrogen and oxygen atoms in total. The molecule has 0 heterocycles. The second-order valence-corrected chi connectivity index (χ2v) is 4.66. The minimum absolute atomic E-state index is 0.257. The highest BCUT2D eigenvalue weighted by Gasteiger charge is 2.35. The Labute approximate surface area is 92.6 Å². The zero-order chi connectivity index (χ0) is 12.1. The van der Waals surface area contributed by atoms with Crippen molar-refractivity contribution in [2.75, 3.05) is 12.3 Å². The molecule has 0 aliphatic carbocycles. The summed E-state index contributed by atoms with van der Waals surface area (Å²) >= 11 is 1.05. The first kappa shape index (κ1) is 14.0. The number of hydrogen-bond acceptors (Lipinski definition) is 4. The Balaban J connectivity index is 4.37. The zero-order valence-corrected chi connectivity index (χ0v) is 9.81. The Morgan fingerprint density at radius 1 is 1.33 bits per heavy atom. The Morgan fingerprint density at radius 2 is 1.87 bits per heavy atom. The van der Waals surface area contributed by atoms with E-state index in [9.17, 15) is 14.4 Å². The highest BCUT2D eigenvalue weighted by Crippen LogP contribution is 2.23. The molecular weight excluding hydrogens is 218 g/mol. The molecule has 0 atom stereocenters. The van der Waals surface area contributed by atoms with Crippen LogP contribution in [0.2, 0.25) is 0 Å². The highest BCUT2D eigenvalue weighted by molar-refractivity contribution is 8.13. The van der Waals surface area contributed by atoms with Gasteiger partial charge in [-0.2, -0.15) is 0 Å². The first-order valence-electron chi connectivity index (χ1n) is 4.49. The van der Waals surface area contributed by atoms with E-state index >= 15 is 0 Å². The number of nitrogens with one attached hydrogen (secondary N) is 1. The molecule has 1 amide bonds. The fourth-order valence-corrected chi connectivity index (χ4v) is 1.50. The van der Waals surface area contributed by atoms with Gasteiger partial charge in [0.05, 0.1) is 0 Å². The van der Waals surface area contributed by atoms with E-state index in [0.717, 1.165) is 11.8 Å². The maximum absolute atomic E-state index is 11.5. The van der Waals surface area contributed by atoms with Crippen LogP contribution in [0.1, 0.15) is 20.8 Å². The van der Waals surface area contributed by atoms with E-state index in [1.165, 1.54) is 13.8 Å². The summed E-state index contributed by atoms with van der Waals surface area (Å²) in [4.78, 5) is 33.2. The van der Waals surface area contributed by atoms with Gasteiger partial charge in [-0.25, -0.2) is 0 Å². The van der Waals surface area contributed by atoms with Crippen LogP contribution in [0.4, 0.5) is 0 Å². The van der Waals surface area contributed by atoms with Gasteiger partial charge in [0.2, 0.25) is 11.0 Å². The minimum Gasteiger partial charge on any atom is -0.480 e. The smallest absolute Gasteiger partial charge is 0.322 e. The van der Waals surface area contributed by atoms with E-state index in [1.807, 2.05) is 6.92 Å². The van der Waals surface area contributed by atoms with Crippen LogP contribution in [0.5, 0.6) is 0 Å². The van der Waals surface area contributed by atoms with Gasteiger partial charge in [0.15, 0.2) is 0 Å². The SMILES string of the molecule is CCSC(=O)C(C)(C)C(=O)NCC(=O)O. The predicted octanol–water partition coefficient (Wildman–Crippen LogP) is 0.493. The fraction of sp³-hybridized carbons (Fsp3) is 0.667. The Morgan fingerprint density at radius 3 is 2.27 bits per heavy atom. The second-order valence-electron chi connectivity index (χ2n) is 3.42. The van der Waals surface area contributed by atoms with E-state index in [-0.39, 0.29) is 5.12 Å². The molecule has 0 fully saturated rings.